The lowest BCUT2D eigenvalue weighted by molar-refractivity contribution is -0.126. The number of nitrogens with one attached hydrogen (secondary N) is 1. The van der Waals surface area contributed by atoms with E-state index in [9.17, 15) is 4.79 Å². The van der Waals surface area contributed by atoms with Gasteiger partial charge in [-0.1, -0.05) is 0 Å². The molecule has 1 aliphatic heterocycles. The van der Waals surface area contributed by atoms with Gasteiger partial charge in [0.25, 0.3) is 0 Å². The zero-order chi connectivity index (χ0) is 20.1. The Morgan fingerprint density at radius 3 is 2.66 bits per heavy atom. The van der Waals surface area contributed by atoms with Crippen LogP contribution < -0.4 is 10.2 Å². The average Bonchev–Trinajstić information content (AvgIpc) is 3.26. The van der Waals surface area contributed by atoms with Crippen molar-refractivity contribution in [3.8, 4) is 0 Å². The topological polar surface area (TPSA) is 87.4 Å². The Balaban J connectivity index is 1.31. The standard InChI is InChI=1S/C21H22N6O2/c1-16-8-9-22-19(15-16)23-18-5-6-20(25-24-18)26-10-12-27(13-11-26)21(28)7-4-17-3-2-14-29-17/h2-9,14-15H,10-13H2,1H3,(H,22,23,24)/b7-4+. The summed E-state index contributed by atoms with van der Waals surface area (Å²) in [6, 6.07) is 11.3. The molecule has 3 aromatic rings. The second-order valence-corrected chi connectivity index (χ2v) is 6.78. The highest BCUT2D eigenvalue weighted by Crippen LogP contribution is 2.17. The van der Waals surface area contributed by atoms with Gasteiger partial charge in [0, 0.05) is 38.5 Å². The van der Waals surface area contributed by atoms with E-state index in [1.807, 2.05) is 42.2 Å². The molecule has 4 rings (SSSR count). The largest absolute Gasteiger partial charge is 0.465 e. The number of rotatable bonds is 5. The van der Waals surface area contributed by atoms with E-state index < -0.39 is 0 Å². The molecular weight excluding hydrogens is 368 g/mol. The zero-order valence-electron chi connectivity index (χ0n) is 16.2. The number of hydrogen-bond acceptors (Lipinski definition) is 7. The number of aryl methyl sites for hydroxylation is 1. The normalized spacial score (nSPS) is 14.4. The van der Waals surface area contributed by atoms with Crippen LogP contribution in [0.3, 0.4) is 0 Å². The molecule has 1 saturated heterocycles. The third-order valence-electron chi connectivity index (χ3n) is 4.67. The predicted octanol–water partition coefficient (Wildman–Crippen LogP) is 2.88. The summed E-state index contributed by atoms with van der Waals surface area (Å²) in [5.74, 6) is 2.83. The first-order chi connectivity index (χ1) is 14.2. The number of carbonyl (C=O) groups excluding carboxylic acids is 1. The van der Waals surface area contributed by atoms with Crippen molar-refractivity contribution < 1.29 is 9.21 Å². The minimum atomic E-state index is -0.0164. The van der Waals surface area contributed by atoms with Crippen LogP contribution in [-0.2, 0) is 4.79 Å². The van der Waals surface area contributed by atoms with Gasteiger partial charge in [-0.2, -0.15) is 0 Å². The van der Waals surface area contributed by atoms with Crippen molar-refractivity contribution >= 4 is 29.4 Å². The fourth-order valence-corrected chi connectivity index (χ4v) is 3.10. The third-order valence-corrected chi connectivity index (χ3v) is 4.67. The van der Waals surface area contributed by atoms with E-state index in [0.29, 0.717) is 37.8 Å². The Bertz CT molecular complexity index is 977. The van der Waals surface area contributed by atoms with Crippen molar-refractivity contribution in [1.82, 2.24) is 20.1 Å². The summed E-state index contributed by atoms with van der Waals surface area (Å²) in [6.07, 6.45) is 6.58. The molecule has 1 amide bonds. The highest BCUT2D eigenvalue weighted by molar-refractivity contribution is 5.91. The maximum atomic E-state index is 12.3. The van der Waals surface area contributed by atoms with Gasteiger partial charge in [0.05, 0.1) is 6.26 Å². The van der Waals surface area contributed by atoms with Crippen LogP contribution in [0.5, 0.6) is 0 Å². The minimum Gasteiger partial charge on any atom is -0.465 e. The van der Waals surface area contributed by atoms with Gasteiger partial charge >= 0.3 is 0 Å². The second kappa shape index (κ2) is 8.55. The summed E-state index contributed by atoms with van der Waals surface area (Å²) in [4.78, 5) is 20.5. The molecule has 0 saturated carbocycles. The Morgan fingerprint density at radius 2 is 1.97 bits per heavy atom. The number of pyridine rings is 1. The molecule has 0 aromatic carbocycles. The van der Waals surface area contributed by atoms with Crippen LogP contribution in [0.2, 0.25) is 0 Å². The van der Waals surface area contributed by atoms with Crippen molar-refractivity contribution in [2.75, 3.05) is 36.4 Å². The first-order valence-corrected chi connectivity index (χ1v) is 9.46. The third kappa shape index (κ3) is 4.78. The summed E-state index contributed by atoms with van der Waals surface area (Å²) in [7, 11) is 0. The molecule has 148 valence electrons. The van der Waals surface area contributed by atoms with Gasteiger partial charge in [-0.3, -0.25) is 4.79 Å². The molecule has 4 heterocycles. The number of aromatic nitrogens is 3. The van der Waals surface area contributed by atoms with Crippen LogP contribution in [0, 0.1) is 6.92 Å². The number of carbonyl (C=O) groups is 1. The number of anilines is 3. The van der Waals surface area contributed by atoms with Gasteiger partial charge < -0.3 is 19.5 Å². The van der Waals surface area contributed by atoms with Crippen molar-refractivity contribution in [3.63, 3.8) is 0 Å². The maximum Gasteiger partial charge on any atom is 0.246 e. The quantitative estimate of drug-likeness (QED) is 0.670. The van der Waals surface area contributed by atoms with Crippen molar-refractivity contribution in [3.05, 3.63) is 66.3 Å². The SMILES string of the molecule is Cc1ccnc(Nc2ccc(N3CCN(C(=O)/C=C/c4ccco4)CC3)nn2)c1. The van der Waals surface area contributed by atoms with E-state index in [4.69, 9.17) is 4.42 Å². The Hall–Kier alpha value is -3.68. The van der Waals surface area contributed by atoms with Gasteiger partial charge in [0.2, 0.25) is 5.91 Å². The van der Waals surface area contributed by atoms with Crippen LogP contribution in [-0.4, -0.2) is 52.2 Å². The fraction of sp³-hybridized carbons (Fsp3) is 0.238. The van der Waals surface area contributed by atoms with Gasteiger partial charge in [0.15, 0.2) is 11.6 Å². The summed E-state index contributed by atoms with van der Waals surface area (Å²) in [5.41, 5.74) is 1.12. The van der Waals surface area contributed by atoms with E-state index >= 15 is 0 Å². The molecule has 0 radical (unpaired) electrons. The van der Waals surface area contributed by atoms with Crippen LogP contribution >= 0.6 is 0 Å². The number of piperazine rings is 1. The van der Waals surface area contributed by atoms with E-state index in [2.05, 4.69) is 25.4 Å². The fourth-order valence-electron chi connectivity index (χ4n) is 3.10. The van der Waals surface area contributed by atoms with Crippen LogP contribution in [0.1, 0.15) is 11.3 Å². The number of furan rings is 1. The average molecular weight is 390 g/mol. The number of nitrogens with zero attached hydrogens (tertiary/aromatic N) is 5. The molecule has 0 aliphatic carbocycles. The molecular formula is C21H22N6O2. The molecule has 0 spiro atoms. The van der Waals surface area contributed by atoms with Gasteiger partial charge in [-0.25, -0.2) is 4.98 Å². The van der Waals surface area contributed by atoms with E-state index in [1.165, 1.54) is 0 Å². The highest BCUT2D eigenvalue weighted by Gasteiger charge is 2.20. The molecule has 8 nitrogen and oxygen atoms in total. The van der Waals surface area contributed by atoms with Crippen molar-refractivity contribution in [1.29, 1.82) is 0 Å². The molecule has 1 fully saturated rings. The van der Waals surface area contributed by atoms with E-state index in [-0.39, 0.29) is 5.91 Å². The first kappa shape index (κ1) is 18.7. The summed E-state index contributed by atoms with van der Waals surface area (Å²) >= 11 is 0. The van der Waals surface area contributed by atoms with E-state index in [1.54, 1.807) is 30.7 Å². The Morgan fingerprint density at radius 1 is 1.10 bits per heavy atom. The summed E-state index contributed by atoms with van der Waals surface area (Å²) < 4.78 is 5.21. The molecule has 8 heteroatoms. The van der Waals surface area contributed by atoms with Gasteiger partial charge in [-0.15, -0.1) is 10.2 Å². The zero-order valence-corrected chi connectivity index (χ0v) is 16.2. The monoisotopic (exact) mass is 390 g/mol. The second-order valence-electron chi connectivity index (χ2n) is 6.78. The van der Waals surface area contributed by atoms with Crippen LogP contribution in [0.15, 0.2) is 59.4 Å². The lowest BCUT2D eigenvalue weighted by atomic mass is 10.3. The van der Waals surface area contributed by atoms with E-state index in [0.717, 1.165) is 17.2 Å². The lowest BCUT2D eigenvalue weighted by Gasteiger charge is -2.34. The van der Waals surface area contributed by atoms with Crippen LogP contribution in [0.4, 0.5) is 17.5 Å². The Kier molecular flexibility index (Phi) is 5.51. The van der Waals surface area contributed by atoms with Crippen molar-refractivity contribution in [2.45, 2.75) is 6.92 Å². The molecule has 0 unspecified atom stereocenters. The van der Waals surface area contributed by atoms with Gasteiger partial charge in [-0.05, 0) is 55.0 Å². The molecule has 1 aliphatic rings. The highest BCUT2D eigenvalue weighted by atomic mass is 16.3. The molecule has 29 heavy (non-hydrogen) atoms. The number of amides is 1. The minimum absolute atomic E-state index is 0.0164. The lowest BCUT2D eigenvalue weighted by Crippen LogP contribution is -2.48. The summed E-state index contributed by atoms with van der Waals surface area (Å²) in [6.45, 7) is 4.70. The maximum absolute atomic E-state index is 12.3. The first-order valence-electron chi connectivity index (χ1n) is 9.46. The number of hydrogen-bond donors (Lipinski definition) is 1. The van der Waals surface area contributed by atoms with Crippen LogP contribution in [0.25, 0.3) is 6.08 Å². The molecule has 1 N–H and O–H groups in total. The molecule has 3 aromatic heterocycles. The van der Waals surface area contributed by atoms with Crippen molar-refractivity contribution in [2.24, 2.45) is 0 Å². The summed E-state index contributed by atoms with van der Waals surface area (Å²) in [5, 5.41) is 11.7. The molecule has 0 atom stereocenters. The predicted molar refractivity (Wildman–Crippen MR) is 111 cm³/mol. The molecule has 0 bridgehead atoms. The Labute approximate surface area is 168 Å². The van der Waals surface area contributed by atoms with Gasteiger partial charge in [0.1, 0.15) is 11.6 Å². The smallest absolute Gasteiger partial charge is 0.246 e.